The minimum absolute atomic E-state index is 0.639. The molecule has 142 valence electrons. The lowest BCUT2D eigenvalue weighted by molar-refractivity contribution is 0.282. The highest BCUT2D eigenvalue weighted by molar-refractivity contribution is 5.57. The van der Waals surface area contributed by atoms with Crippen molar-refractivity contribution in [1.82, 2.24) is 9.88 Å². The number of hydrogen-bond donors (Lipinski definition) is 0. The van der Waals surface area contributed by atoms with Crippen molar-refractivity contribution in [2.75, 3.05) is 21.3 Å². The van der Waals surface area contributed by atoms with E-state index in [4.69, 9.17) is 13.9 Å². The molecule has 0 aliphatic rings. The molecular formula is C22H26N2O3. The van der Waals surface area contributed by atoms with E-state index in [1.54, 1.807) is 20.4 Å². The van der Waals surface area contributed by atoms with Gasteiger partial charge in [-0.05, 0) is 61.9 Å². The van der Waals surface area contributed by atoms with Crippen molar-refractivity contribution in [3.8, 4) is 22.8 Å². The number of rotatable bonds is 7. The number of ether oxygens (including phenoxy) is 2. The fourth-order valence-electron chi connectivity index (χ4n) is 3.32. The Morgan fingerprint density at radius 1 is 0.963 bits per heavy atom. The summed E-state index contributed by atoms with van der Waals surface area (Å²) < 4.78 is 16.6. The van der Waals surface area contributed by atoms with E-state index < -0.39 is 0 Å². The predicted octanol–water partition coefficient (Wildman–Crippen LogP) is 4.61. The van der Waals surface area contributed by atoms with Crippen molar-refractivity contribution >= 4 is 0 Å². The van der Waals surface area contributed by atoms with E-state index in [-0.39, 0.29) is 0 Å². The largest absolute Gasteiger partial charge is 0.497 e. The lowest BCUT2D eigenvalue weighted by Crippen LogP contribution is -2.17. The normalized spacial score (nSPS) is 11.0. The summed E-state index contributed by atoms with van der Waals surface area (Å²) in [5.74, 6) is 3.24. The zero-order valence-corrected chi connectivity index (χ0v) is 16.6. The summed E-state index contributed by atoms with van der Waals surface area (Å²) >= 11 is 0. The van der Waals surface area contributed by atoms with Gasteiger partial charge in [0.1, 0.15) is 11.5 Å². The van der Waals surface area contributed by atoms with Gasteiger partial charge in [-0.3, -0.25) is 4.90 Å². The van der Waals surface area contributed by atoms with Crippen LogP contribution in [0, 0.1) is 13.8 Å². The topological polar surface area (TPSA) is 47.7 Å². The molecule has 0 aliphatic carbocycles. The van der Waals surface area contributed by atoms with Crippen molar-refractivity contribution in [2.45, 2.75) is 26.9 Å². The van der Waals surface area contributed by atoms with Crippen LogP contribution in [-0.2, 0) is 13.1 Å². The highest BCUT2D eigenvalue weighted by Crippen LogP contribution is 2.26. The molecule has 1 heterocycles. The molecule has 0 saturated carbocycles. The van der Waals surface area contributed by atoms with Gasteiger partial charge in [-0.1, -0.05) is 12.1 Å². The third-order valence-electron chi connectivity index (χ3n) is 4.51. The number of benzene rings is 2. The summed E-state index contributed by atoms with van der Waals surface area (Å²) in [6.45, 7) is 5.60. The molecule has 0 spiro atoms. The Balaban J connectivity index is 1.66. The molecule has 0 saturated heterocycles. The van der Waals surface area contributed by atoms with Gasteiger partial charge in [0.05, 0.1) is 27.0 Å². The van der Waals surface area contributed by atoms with Crippen molar-refractivity contribution < 1.29 is 13.9 Å². The van der Waals surface area contributed by atoms with Gasteiger partial charge in [-0.2, -0.15) is 0 Å². The molecule has 3 rings (SSSR count). The van der Waals surface area contributed by atoms with Crippen LogP contribution in [0.5, 0.6) is 11.5 Å². The molecule has 0 radical (unpaired) electrons. The second-order valence-electron chi connectivity index (χ2n) is 6.78. The Hall–Kier alpha value is -2.79. The van der Waals surface area contributed by atoms with Crippen molar-refractivity contribution in [2.24, 2.45) is 0 Å². The first-order chi connectivity index (χ1) is 13.0. The van der Waals surface area contributed by atoms with Gasteiger partial charge >= 0.3 is 0 Å². The molecule has 0 bridgehead atoms. The van der Waals surface area contributed by atoms with Gasteiger partial charge in [0.2, 0.25) is 5.89 Å². The molecule has 0 aliphatic heterocycles. The Labute approximate surface area is 160 Å². The van der Waals surface area contributed by atoms with Gasteiger partial charge in [-0.25, -0.2) is 4.98 Å². The predicted molar refractivity (Wildman–Crippen MR) is 106 cm³/mol. The quantitative estimate of drug-likeness (QED) is 0.611. The molecule has 0 unspecified atom stereocenters. The first kappa shape index (κ1) is 19.0. The van der Waals surface area contributed by atoms with E-state index in [2.05, 4.69) is 42.9 Å². The van der Waals surface area contributed by atoms with E-state index in [0.717, 1.165) is 40.5 Å². The van der Waals surface area contributed by atoms with E-state index in [9.17, 15) is 0 Å². The van der Waals surface area contributed by atoms with Gasteiger partial charge in [0, 0.05) is 12.1 Å². The van der Waals surface area contributed by atoms with Crippen LogP contribution in [0.25, 0.3) is 11.3 Å². The van der Waals surface area contributed by atoms with E-state index >= 15 is 0 Å². The van der Waals surface area contributed by atoms with Gasteiger partial charge in [-0.15, -0.1) is 0 Å². The van der Waals surface area contributed by atoms with Crippen LogP contribution in [-0.4, -0.2) is 31.2 Å². The van der Waals surface area contributed by atoms with Crippen molar-refractivity contribution in [3.05, 3.63) is 65.2 Å². The van der Waals surface area contributed by atoms with E-state index in [1.807, 2.05) is 24.3 Å². The molecule has 5 nitrogen and oxygen atoms in total. The summed E-state index contributed by atoms with van der Waals surface area (Å²) in [6, 6.07) is 12.1. The van der Waals surface area contributed by atoms with Crippen LogP contribution in [0.15, 0.2) is 47.0 Å². The highest BCUT2D eigenvalue weighted by Gasteiger charge is 2.11. The van der Waals surface area contributed by atoms with Crippen LogP contribution in [0.4, 0.5) is 0 Å². The SMILES string of the molecule is COc1ccc(-c2cnc(CN(C)Cc3cc(C)c(OC)c(C)c3)o2)cc1. The Morgan fingerprint density at radius 2 is 1.63 bits per heavy atom. The van der Waals surface area contributed by atoms with Crippen molar-refractivity contribution in [3.63, 3.8) is 0 Å². The second kappa shape index (κ2) is 8.27. The Kier molecular flexibility index (Phi) is 5.81. The lowest BCUT2D eigenvalue weighted by atomic mass is 10.1. The number of oxazole rings is 1. The molecule has 0 N–H and O–H groups in total. The maximum absolute atomic E-state index is 5.92. The monoisotopic (exact) mass is 366 g/mol. The van der Waals surface area contributed by atoms with Crippen LogP contribution < -0.4 is 9.47 Å². The van der Waals surface area contributed by atoms with Crippen LogP contribution >= 0.6 is 0 Å². The molecule has 0 fully saturated rings. The van der Waals surface area contributed by atoms with Crippen LogP contribution in [0.3, 0.4) is 0 Å². The van der Waals surface area contributed by atoms with Gasteiger partial charge in [0.15, 0.2) is 5.76 Å². The minimum Gasteiger partial charge on any atom is -0.497 e. The highest BCUT2D eigenvalue weighted by atomic mass is 16.5. The lowest BCUT2D eigenvalue weighted by Gasteiger charge is -2.17. The molecule has 0 amide bonds. The number of aryl methyl sites for hydroxylation is 2. The van der Waals surface area contributed by atoms with E-state index in [1.165, 1.54) is 5.56 Å². The standard InChI is InChI=1S/C22H26N2O3/c1-15-10-17(11-16(2)22(15)26-5)13-24(3)14-21-23-12-20(27-21)18-6-8-19(25-4)9-7-18/h6-12H,13-14H2,1-5H3. The molecular weight excluding hydrogens is 340 g/mol. The molecule has 3 aromatic rings. The number of hydrogen-bond acceptors (Lipinski definition) is 5. The smallest absolute Gasteiger partial charge is 0.209 e. The average Bonchev–Trinajstić information content (AvgIpc) is 3.10. The number of methoxy groups -OCH3 is 2. The van der Waals surface area contributed by atoms with Gasteiger partial charge < -0.3 is 13.9 Å². The second-order valence-corrected chi connectivity index (χ2v) is 6.78. The fraction of sp³-hybridized carbons (Fsp3) is 0.318. The molecule has 1 aromatic heterocycles. The minimum atomic E-state index is 0.639. The molecule has 5 heteroatoms. The summed E-state index contributed by atoms with van der Waals surface area (Å²) in [6.07, 6.45) is 1.77. The summed E-state index contributed by atoms with van der Waals surface area (Å²) in [4.78, 5) is 6.60. The van der Waals surface area contributed by atoms with Crippen LogP contribution in [0.1, 0.15) is 22.6 Å². The average molecular weight is 366 g/mol. The summed E-state index contributed by atoms with van der Waals surface area (Å²) in [5, 5.41) is 0. The summed E-state index contributed by atoms with van der Waals surface area (Å²) in [5.41, 5.74) is 4.53. The first-order valence-corrected chi connectivity index (χ1v) is 8.92. The Morgan fingerprint density at radius 3 is 2.22 bits per heavy atom. The molecule has 27 heavy (non-hydrogen) atoms. The van der Waals surface area contributed by atoms with E-state index in [0.29, 0.717) is 12.4 Å². The van der Waals surface area contributed by atoms with Gasteiger partial charge in [0.25, 0.3) is 0 Å². The maximum atomic E-state index is 5.92. The zero-order chi connectivity index (χ0) is 19.4. The number of aromatic nitrogens is 1. The molecule has 2 aromatic carbocycles. The third-order valence-corrected chi connectivity index (χ3v) is 4.51. The first-order valence-electron chi connectivity index (χ1n) is 8.92. The maximum Gasteiger partial charge on any atom is 0.209 e. The third kappa shape index (κ3) is 4.49. The Bertz CT molecular complexity index is 877. The fourth-order valence-corrected chi connectivity index (χ4v) is 3.32. The number of nitrogens with zero attached hydrogens (tertiary/aromatic N) is 2. The van der Waals surface area contributed by atoms with Crippen molar-refractivity contribution in [1.29, 1.82) is 0 Å². The zero-order valence-electron chi connectivity index (χ0n) is 16.6. The molecule has 0 atom stereocenters. The summed E-state index contributed by atoms with van der Waals surface area (Å²) in [7, 11) is 5.43. The van der Waals surface area contributed by atoms with Crippen LogP contribution in [0.2, 0.25) is 0 Å².